The van der Waals surface area contributed by atoms with Gasteiger partial charge < -0.3 is 10.2 Å². The molecule has 7 heteroatoms. The van der Waals surface area contributed by atoms with Crippen LogP contribution >= 0.6 is 0 Å². The summed E-state index contributed by atoms with van der Waals surface area (Å²) in [6.07, 6.45) is 3.18. The molecular formula is C21H26N4O3. The van der Waals surface area contributed by atoms with E-state index in [1.54, 1.807) is 4.90 Å². The van der Waals surface area contributed by atoms with E-state index in [1.165, 1.54) is 12.8 Å². The Labute approximate surface area is 164 Å². The Hall–Kier alpha value is -2.25. The lowest BCUT2D eigenvalue weighted by Crippen LogP contribution is -2.52. The third-order valence-electron chi connectivity index (χ3n) is 6.79. The summed E-state index contributed by atoms with van der Waals surface area (Å²) in [5.74, 6) is 0.111. The Morgan fingerprint density at radius 2 is 2.00 bits per heavy atom. The van der Waals surface area contributed by atoms with Crippen molar-refractivity contribution in [3.8, 4) is 0 Å². The fourth-order valence-corrected chi connectivity index (χ4v) is 5.31. The number of imide groups is 1. The van der Waals surface area contributed by atoms with Gasteiger partial charge in [0.25, 0.3) is 5.91 Å². The molecule has 0 aromatic heterocycles. The van der Waals surface area contributed by atoms with Gasteiger partial charge in [0.2, 0.25) is 11.8 Å². The van der Waals surface area contributed by atoms with Crippen LogP contribution in [0.3, 0.4) is 0 Å². The van der Waals surface area contributed by atoms with Crippen molar-refractivity contribution in [1.29, 1.82) is 0 Å². The average molecular weight is 382 g/mol. The molecule has 2 N–H and O–H groups in total. The quantitative estimate of drug-likeness (QED) is 0.750. The molecule has 3 atom stereocenters. The van der Waals surface area contributed by atoms with Gasteiger partial charge in [-0.3, -0.25) is 24.6 Å². The first kappa shape index (κ1) is 17.8. The van der Waals surface area contributed by atoms with Crippen molar-refractivity contribution in [2.75, 3.05) is 19.6 Å². The van der Waals surface area contributed by atoms with Crippen LogP contribution in [0.25, 0.3) is 0 Å². The molecule has 0 aliphatic carbocycles. The number of fused-ring (bicyclic) bond motifs is 2. The summed E-state index contributed by atoms with van der Waals surface area (Å²) in [6.45, 7) is 4.42. The predicted molar refractivity (Wildman–Crippen MR) is 102 cm³/mol. The smallest absolute Gasteiger partial charge is 0.255 e. The highest BCUT2D eigenvalue weighted by atomic mass is 16.2. The third kappa shape index (κ3) is 3.02. The lowest BCUT2D eigenvalue weighted by Gasteiger charge is -2.35. The number of hydrogen-bond acceptors (Lipinski definition) is 5. The SMILES string of the molecule is O=C1CCC(N2Cc3cccc(CN4CCC5CCNC5C4)c3C2=O)C(=O)N1. The van der Waals surface area contributed by atoms with Crippen LogP contribution in [0.15, 0.2) is 18.2 Å². The molecule has 3 saturated heterocycles. The Kier molecular flexibility index (Phi) is 4.44. The maximum absolute atomic E-state index is 13.2. The maximum atomic E-state index is 13.2. The zero-order valence-electron chi connectivity index (χ0n) is 15.9. The number of carbonyl (C=O) groups is 3. The molecule has 7 nitrogen and oxygen atoms in total. The molecule has 0 saturated carbocycles. The number of nitrogens with one attached hydrogen (secondary N) is 2. The predicted octanol–water partition coefficient (Wildman–Crippen LogP) is 0.631. The van der Waals surface area contributed by atoms with Crippen LogP contribution in [0.5, 0.6) is 0 Å². The fourth-order valence-electron chi connectivity index (χ4n) is 5.31. The van der Waals surface area contributed by atoms with E-state index in [0.29, 0.717) is 19.0 Å². The van der Waals surface area contributed by atoms with Gasteiger partial charge in [0.15, 0.2) is 0 Å². The van der Waals surface area contributed by atoms with Gasteiger partial charge in [-0.15, -0.1) is 0 Å². The van der Waals surface area contributed by atoms with Crippen LogP contribution in [0.2, 0.25) is 0 Å². The van der Waals surface area contributed by atoms with Crippen LogP contribution < -0.4 is 10.6 Å². The van der Waals surface area contributed by atoms with Gasteiger partial charge in [-0.1, -0.05) is 18.2 Å². The minimum absolute atomic E-state index is 0.0750. The second-order valence-electron chi connectivity index (χ2n) is 8.48. The zero-order chi connectivity index (χ0) is 19.3. The summed E-state index contributed by atoms with van der Waals surface area (Å²) in [5, 5.41) is 5.97. The Bertz CT molecular complexity index is 839. The minimum Gasteiger partial charge on any atom is -0.322 e. The van der Waals surface area contributed by atoms with E-state index in [-0.39, 0.29) is 24.1 Å². The number of likely N-dealkylation sites (tertiary alicyclic amines) is 1. The summed E-state index contributed by atoms with van der Waals surface area (Å²) in [4.78, 5) is 41.0. The molecule has 0 radical (unpaired) electrons. The topological polar surface area (TPSA) is 81.8 Å². The van der Waals surface area contributed by atoms with Crippen LogP contribution in [-0.2, 0) is 22.7 Å². The maximum Gasteiger partial charge on any atom is 0.255 e. The van der Waals surface area contributed by atoms with Gasteiger partial charge in [0.1, 0.15) is 6.04 Å². The average Bonchev–Trinajstić information content (AvgIpc) is 3.27. The molecule has 4 aliphatic rings. The lowest BCUT2D eigenvalue weighted by molar-refractivity contribution is -0.136. The highest BCUT2D eigenvalue weighted by Gasteiger charge is 2.40. The number of rotatable bonds is 3. The molecule has 3 fully saturated rings. The summed E-state index contributed by atoms with van der Waals surface area (Å²) >= 11 is 0. The van der Waals surface area contributed by atoms with Gasteiger partial charge >= 0.3 is 0 Å². The monoisotopic (exact) mass is 382 g/mol. The summed E-state index contributed by atoms with van der Waals surface area (Å²) < 4.78 is 0. The van der Waals surface area contributed by atoms with Crippen LogP contribution in [0, 0.1) is 5.92 Å². The summed E-state index contributed by atoms with van der Waals surface area (Å²) in [7, 11) is 0. The van der Waals surface area contributed by atoms with Gasteiger partial charge in [-0.2, -0.15) is 0 Å². The van der Waals surface area contributed by atoms with Crippen molar-refractivity contribution in [2.45, 2.75) is 50.9 Å². The molecule has 0 bridgehead atoms. The number of nitrogens with zero attached hydrogens (tertiary/aromatic N) is 2. The molecule has 3 amide bonds. The van der Waals surface area contributed by atoms with E-state index in [2.05, 4.69) is 15.5 Å². The van der Waals surface area contributed by atoms with Gasteiger partial charge in [0, 0.05) is 37.7 Å². The van der Waals surface area contributed by atoms with Crippen molar-refractivity contribution in [3.63, 3.8) is 0 Å². The van der Waals surface area contributed by atoms with E-state index in [0.717, 1.165) is 48.8 Å². The van der Waals surface area contributed by atoms with Crippen LogP contribution in [0.1, 0.15) is 47.2 Å². The van der Waals surface area contributed by atoms with E-state index < -0.39 is 6.04 Å². The number of benzene rings is 1. The number of carbonyl (C=O) groups excluding carboxylic acids is 3. The van der Waals surface area contributed by atoms with Crippen molar-refractivity contribution >= 4 is 17.7 Å². The van der Waals surface area contributed by atoms with Gasteiger partial charge in [0.05, 0.1) is 0 Å². The van der Waals surface area contributed by atoms with E-state index >= 15 is 0 Å². The van der Waals surface area contributed by atoms with Crippen molar-refractivity contribution in [2.24, 2.45) is 5.92 Å². The van der Waals surface area contributed by atoms with Crippen LogP contribution in [0.4, 0.5) is 0 Å². The van der Waals surface area contributed by atoms with E-state index in [4.69, 9.17) is 0 Å². The largest absolute Gasteiger partial charge is 0.322 e. The van der Waals surface area contributed by atoms with Crippen molar-refractivity contribution < 1.29 is 14.4 Å². The fraction of sp³-hybridized carbons (Fsp3) is 0.571. The van der Waals surface area contributed by atoms with Gasteiger partial charge in [-0.25, -0.2) is 0 Å². The molecule has 1 aromatic carbocycles. The van der Waals surface area contributed by atoms with E-state index in [1.807, 2.05) is 18.2 Å². The second-order valence-corrected chi connectivity index (χ2v) is 8.48. The molecule has 5 rings (SSSR count). The number of amides is 3. The molecule has 0 spiro atoms. The molecular weight excluding hydrogens is 356 g/mol. The molecule has 28 heavy (non-hydrogen) atoms. The molecule has 148 valence electrons. The first-order valence-electron chi connectivity index (χ1n) is 10.3. The summed E-state index contributed by atoms with van der Waals surface area (Å²) in [6, 6.07) is 6.05. The lowest BCUT2D eigenvalue weighted by atomic mass is 9.92. The molecule has 1 aromatic rings. The summed E-state index contributed by atoms with van der Waals surface area (Å²) in [5.41, 5.74) is 2.79. The highest BCUT2D eigenvalue weighted by molar-refractivity contribution is 6.05. The van der Waals surface area contributed by atoms with Crippen LogP contribution in [-0.4, -0.2) is 59.2 Å². The van der Waals surface area contributed by atoms with Gasteiger partial charge in [-0.05, 0) is 49.4 Å². The zero-order valence-corrected chi connectivity index (χ0v) is 15.9. The Morgan fingerprint density at radius 1 is 1.11 bits per heavy atom. The molecule has 4 aliphatic heterocycles. The Morgan fingerprint density at radius 3 is 2.86 bits per heavy atom. The standard InChI is InChI=1S/C21H26N4O3/c26-18-5-4-17(20(27)23-18)25-11-15-3-1-2-14(19(15)21(25)28)10-24-9-7-13-6-8-22-16(13)12-24/h1-3,13,16-17,22H,4-12H2,(H,23,26,27). The first-order chi connectivity index (χ1) is 13.6. The minimum atomic E-state index is -0.552. The second kappa shape index (κ2) is 6.97. The first-order valence-corrected chi connectivity index (χ1v) is 10.3. The van der Waals surface area contributed by atoms with Crippen molar-refractivity contribution in [3.05, 3.63) is 34.9 Å². The molecule has 4 heterocycles. The normalized spacial score (nSPS) is 30.4. The van der Waals surface area contributed by atoms with Crippen molar-refractivity contribution in [1.82, 2.24) is 20.4 Å². The number of hydrogen-bond donors (Lipinski definition) is 2. The Balaban J connectivity index is 1.34. The number of piperidine rings is 2. The third-order valence-corrected chi connectivity index (χ3v) is 6.79. The highest BCUT2D eigenvalue weighted by Crippen LogP contribution is 2.32. The molecule has 3 unspecified atom stereocenters. The van der Waals surface area contributed by atoms with E-state index in [9.17, 15) is 14.4 Å².